The van der Waals surface area contributed by atoms with Crippen LogP contribution in [0.15, 0.2) is 39.8 Å². The molecule has 0 aliphatic heterocycles. The Kier molecular flexibility index (Phi) is 9.31. The first-order valence-corrected chi connectivity index (χ1v) is 7.91. The Bertz CT molecular complexity index is 692. The van der Waals surface area contributed by atoms with E-state index in [2.05, 4.69) is 20.2 Å². The molecule has 0 atom stereocenters. The lowest BCUT2D eigenvalue weighted by Crippen LogP contribution is -2.37. The topological polar surface area (TPSA) is 62.9 Å². The second-order valence-electron chi connectivity index (χ2n) is 5.42. The van der Waals surface area contributed by atoms with Gasteiger partial charge in [0, 0.05) is 26.7 Å². The number of hydrogen-bond donors (Lipinski definition) is 1. The SMILES string of the molecule is CCc1cc(CNC(=NC)N(C)Cc2ccc(OC(F)F)cc2)on1.I. The Morgan fingerprint density at radius 1 is 1.35 bits per heavy atom. The number of rotatable bonds is 7. The van der Waals surface area contributed by atoms with Crippen LogP contribution in [0, 0.1) is 0 Å². The number of nitrogens with one attached hydrogen (secondary N) is 1. The van der Waals surface area contributed by atoms with Crippen molar-refractivity contribution in [3.8, 4) is 5.75 Å². The van der Waals surface area contributed by atoms with Crippen molar-refractivity contribution >= 4 is 29.9 Å². The predicted octanol–water partition coefficient (Wildman–Crippen LogP) is 3.66. The first kappa shape index (κ1) is 22.1. The van der Waals surface area contributed by atoms with Crippen molar-refractivity contribution in [1.82, 2.24) is 15.4 Å². The number of hydrogen-bond acceptors (Lipinski definition) is 4. The molecule has 0 saturated heterocycles. The number of guanidine groups is 1. The highest BCUT2D eigenvalue weighted by Gasteiger charge is 2.10. The standard InChI is InChI=1S/C17H22F2N4O2.HI/c1-4-13-9-15(25-22-13)10-21-17(20-2)23(3)11-12-5-7-14(8-6-12)24-16(18)19;/h5-9,16H,4,10-11H2,1-3H3,(H,20,21);1H. The summed E-state index contributed by atoms with van der Waals surface area (Å²) in [6.07, 6.45) is 0.823. The number of aromatic nitrogens is 1. The summed E-state index contributed by atoms with van der Waals surface area (Å²) >= 11 is 0. The Hall–Kier alpha value is -1.91. The van der Waals surface area contributed by atoms with Crippen molar-refractivity contribution in [1.29, 1.82) is 0 Å². The molecule has 9 heteroatoms. The predicted molar refractivity (Wildman–Crippen MR) is 106 cm³/mol. The van der Waals surface area contributed by atoms with Gasteiger partial charge in [0.1, 0.15) is 5.75 Å². The zero-order valence-corrected chi connectivity index (χ0v) is 17.2. The van der Waals surface area contributed by atoms with E-state index in [9.17, 15) is 8.78 Å². The highest BCUT2D eigenvalue weighted by atomic mass is 127. The van der Waals surface area contributed by atoms with E-state index in [0.717, 1.165) is 23.4 Å². The fraction of sp³-hybridized carbons (Fsp3) is 0.412. The van der Waals surface area contributed by atoms with Gasteiger partial charge < -0.3 is 19.5 Å². The molecule has 26 heavy (non-hydrogen) atoms. The molecule has 0 aliphatic carbocycles. The van der Waals surface area contributed by atoms with Gasteiger partial charge in [0.2, 0.25) is 0 Å². The third-order valence-corrected chi connectivity index (χ3v) is 3.53. The van der Waals surface area contributed by atoms with Crippen LogP contribution in [0.3, 0.4) is 0 Å². The van der Waals surface area contributed by atoms with E-state index in [0.29, 0.717) is 19.0 Å². The van der Waals surface area contributed by atoms with Crippen LogP contribution in [0.1, 0.15) is 23.9 Å². The average molecular weight is 480 g/mol. The maximum atomic E-state index is 12.2. The number of aliphatic imine (C=N–C) groups is 1. The van der Waals surface area contributed by atoms with Crippen molar-refractivity contribution in [2.45, 2.75) is 33.0 Å². The molecule has 1 aromatic heterocycles. The molecule has 0 unspecified atom stereocenters. The summed E-state index contributed by atoms with van der Waals surface area (Å²) in [5, 5.41) is 7.14. The molecule has 2 aromatic rings. The number of nitrogens with zero attached hydrogens (tertiary/aromatic N) is 3. The maximum absolute atomic E-state index is 12.2. The van der Waals surface area contributed by atoms with Gasteiger partial charge in [-0.3, -0.25) is 4.99 Å². The summed E-state index contributed by atoms with van der Waals surface area (Å²) < 4.78 is 33.9. The van der Waals surface area contributed by atoms with Gasteiger partial charge >= 0.3 is 6.61 Å². The molecule has 0 amide bonds. The molecule has 0 bridgehead atoms. The lowest BCUT2D eigenvalue weighted by atomic mass is 10.2. The number of ether oxygens (including phenoxy) is 1. The van der Waals surface area contributed by atoms with Gasteiger partial charge in [0.05, 0.1) is 12.2 Å². The van der Waals surface area contributed by atoms with Crippen molar-refractivity contribution in [2.24, 2.45) is 4.99 Å². The summed E-state index contributed by atoms with van der Waals surface area (Å²) in [6.45, 7) is 0.233. The minimum Gasteiger partial charge on any atom is -0.435 e. The van der Waals surface area contributed by atoms with Gasteiger partial charge in [-0.05, 0) is 24.1 Å². The quantitative estimate of drug-likeness (QED) is 0.373. The van der Waals surface area contributed by atoms with Crippen LogP contribution in [-0.2, 0) is 19.5 Å². The fourth-order valence-electron chi connectivity index (χ4n) is 2.28. The van der Waals surface area contributed by atoms with Gasteiger partial charge in [-0.25, -0.2) is 0 Å². The molecule has 1 N–H and O–H groups in total. The molecule has 0 fully saturated rings. The molecule has 0 saturated carbocycles. The molecule has 2 rings (SSSR count). The zero-order chi connectivity index (χ0) is 18.2. The van der Waals surface area contributed by atoms with Crippen LogP contribution in [0.4, 0.5) is 8.78 Å². The number of aryl methyl sites for hydroxylation is 1. The largest absolute Gasteiger partial charge is 0.435 e. The molecular weight excluding hydrogens is 457 g/mol. The molecule has 1 heterocycles. The fourth-order valence-corrected chi connectivity index (χ4v) is 2.28. The summed E-state index contributed by atoms with van der Waals surface area (Å²) in [6, 6.07) is 8.43. The van der Waals surface area contributed by atoms with Crippen LogP contribution in [0.5, 0.6) is 5.75 Å². The minimum atomic E-state index is -2.82. The zero-order valence-electron chi connectivity index (χ0n) is 14.9. The van der Waals surface area contributed by atoms with Crippen LogP contribution >= 0.6 is 24.0 Å². The lowest BCUT2D eigenvalue weighted by Gasteiger charge is -2.21. The first-order chi connectivity index (χ1) is 12.0. The molecule has 144 valence electrons. The normalized spacial score (nSPS) is 11.2. The Morgan fingerprint density at radius 2 is 2.04 bits per heavy atom. The van der Waals surface area contributed by atoms with Crippen molar-refractivity contribution in [3.05, 3.63) is 47.3 Å². The summed E-state index contributed by atoms with van der Waals surface area (Å²) in [5.74, 6) is 1.56. The van der Waals surface area contributed by atoms with Gasteiger partial charge in [-0.15, -0.1) is 24.0 Å². The van der Waals surface area contributed by atoms with Gasteiger partial charge in [-0.1, -0.05) is 24.2 Å². The first-order valence-electron chi connectivity index (χ1n) is 7.91. The number of halogens is 3. The van der Waals surface area contributed by atoms with Gasteiger partial charge in [0.25, 0.3) is 0 Å². The van der Waals surface area contributed by atoms with E-state index in [1.807, 2.05) is 24.9 Å². The van der Waals surface area contributed by atoms with E-state index in [1.54, 1.807) is 19.2 Å². The summed E-state index contributed by atoms with van der Waals surface area (Å²) in [7, 11) is 3.58. The lowest BCUT2D eigenvalue weighted by molar-refractivity contribution is -0.0498. The third kappa shape index (κ3) is 6.77. The molecule has 1 aromatic carbocycles. The van der Waals surface area contributed by atoms with E-state index in [1.165, 1.54) is 12.1 Å². The van der Waals surface area contributed by atoms with E-state index < -0.39 is 6.61 Å². The maximum Gasteiger partial charge on any atom is 0.387 e. The van der Waals surface area contributed by atoms with Crippen LogP contribution < -0.4 is 10.1 Å². The highest BCUT2D eigenvalue weighted by Crippen LogP contribution is 2.15. The molecular formula is C17H23F2IN4O2. The van der Waals surface area contributed by atoms with Crippen LogP contribution in [-0.4, -0.2) is 36.7 Å². The van der Waals surface area contributed by atoms with E-state index in [-0.39, 0.29) is 29.7 Å². The summed E-state index contributed by atoms with van der Waals surface area (Å²) in [4.78, 5) is 6.15. The second kappa shape index (κ2) is 10.9. The molecule has 0 aliphatic rings. The molecule has 0 radical (unpaired) electrons. The Morgan fingerprint density at radius 3 is 2.58 bits per heavy atom. The van der Waals surface area contributed by atoms with E-state index >= 15 is 0 Å². The van der Waals surface area contributed by atoms with Gasteiger partial charge in [-0.2, -0.15) is 8.78 Å². The Balaban J connectivity index is 0.00000338. The van der Waals surface area contributed by atoms with Gasteiger partial charge in [0.15, 0.2) is 11.7 Å². The van der Waals surface area contributed by atoms with Crippen LogP contribution in [0.25, 0.3) is 0 Å². The van der Waals surface area contributed by atoms with Crippen LogP contribution in [0.2, 0.25) is 0 Å². The average Bonchev–Trinajstić information content (AvgIpc) is 3.05. The van der Waals surface area contributed by atoms with Crippen molar-refractivity contribution < 1.29 is 18.0 Å². The number of alkyl halides is 2. The van der Waals surface area contributed by atoms with Crippen molar-refractivity contribution in [2.75, 3.05) is 14.1 Å². The highest BCUT2D eigenvalue weighted by molar-refractivity contribution is 14.0. The molecule has 6 nitrogen and oxygen atoms in total. The third-order valence-electron chi connectivity index (χ3n) is 3.53. The monoisotopic (exact) mass is 480 g/mol. The van der Waals surface area contributed by atoms with E-state index in [4.69, 9.17) is 4.52 Å². The van der Waals surface area contributed by atoms with Crippen molar-refractivity contribution in [3.63, 3.8) is 0 Å². The second-order valence-corrected chi connectivity index (χ2v) is 5.42. The summed E-state index contributed by atoms with van der Waals surface area (Å²) in [5.41, 5.74) is 1.85. The smallest absolute Gasteiger partial charge is 0.387 e. The minimum absolute atomic E-state index is 0. The Labute approximate surface area is 168 Å². The molecule has 0 spiro atoms. The number of benzene rings is 1.